The minimum atomic E-state index is -1.09. The van der Waals surface area contributed by atoms with Crippen LogP contribution in [0.15, 0.2) is 4.79 Å². The summed E-state index contributed by atoms with van der Waals surface area (Å²) < 4.78 is 0. The van der Waals surface area contributed by atoms with Crippen molar-refractivity contribution in [1.29, 1.82) is 0 Å². The smallest absolute Gasteiger partial charge is 0.308 e. The van der Waals surface area contributed by atoms with Crippen molar-refractivity contribution in [3.05, 3.63) is 21.7 Å². The Hall–Kier alpha value is -1.85. The van der Waals surface area contributed by atoms with Crippen molar-refractivity contribution in [2.24, 2.45) is 5.92 Å². The predicted octanol–water partition coefficient (Wildman–Crippen LogP) is 1.27. The van der Waals surface area contributed by atoms with Crippen LogP contribution < -0.4 is 11.3 Å². The molecule has 1 aliphatic carbocycles. The van der Waals surface area contributed by atoms with Crippen LogP contribution in [0.3, 0.4) is 0 Å². The Balaban J connectivity index is 2.29. The van der Waals surface area contributed by atoms with Gasteiger partial charge in [0, 0.05) is 5.92 Å². The van der Waals surface area contributed by atoms with Gasteiger partial charge in [-0.3, -0.25) is 9.59 Å². The minimum absolute atomic E-state index is 0.0411. The second kappa shape index (κ2) is 5.42. The molecule has 0 radical (unpaired) electrons. The maximum Gasteiger partial charge on any atom is 0.308 e. The molecular weight excluding hydrogens is 246 g/mol. The first-order chi connectivity index (χ1) is 8.97. The Morgan fingerprint density at radius 3 is 2.84 bits per heavy atom. The molecule has 1 aromatic heterocycles. The van der Waals surface area contributed by atoms with E-state index in [0.29, 0.717) is 11.7 Å². The number of nitrogens with two attached hydrogens (primary N) is 1. The summed E-state index contributed by atoms with van der Waals surface area (Å²) in [4.78, 5) is 29.5. The van der Waals surface area contributed by atoms with Gasteiger partial charge in [-0.2, -0.15) is 0 Å². The van der Waals surface area contributed by atoms with Gasteiger partial charge in [0.1, 0.15) is 11.6 Å². The number of aromatic nitrogens is 2. The van der Waals surface area contributed by atoms with Crippen LogP contribution in [-0.2, 0) is 11.2 Å². The largest absolute Gasteiger partial charge is 0.481 e. The molecule has 6 nitrogen and oxygen atoms in total. The number of H-pyrrole nitrogens is 1. The van der Waals surface area contributed by atoms with Crippen LogP contribution in [0.4, 0.5) is 5.82 Å². The lowest BCUT2D eigenvalue weighted by molar-refractivity contribution is -0.136. The number of carbonyl (C=O) groups is 1. The number of aliphatic carboxylic acids is 1. The van der Waals surface area contributed by atoms with Crippen molar-refractivity contribution in [2.45, 2.75) is 44.9 Å². The Bertz CT molecular complexity index is 538. The SMILES string of the molecule is CC1CCCC(c2nc(N)c(CC(=O)O)c(=O)[nH]2)C1. The van der Waals surface area contributed by atoms with E-state index in [2.05, 4.69) is 16.9 Å². The van der Waals surface area contributed by atoms with Gasteiger partial charge >= 0.3 is 5.97 Å². The highest BCUT2D eigenvalue weighted by Crippen LogP contribution is 2.34. The minimum Gasteiger partial charge on any atom is -0.481 e. The maximum atomic E-state index is 11.9. The van der Waals surface area contributed by atoms with Crippen LogP contribution in [0.5, 0.6) is 0 Å². The molecule has 2 unspecified atom stereocenters. The fourth-order valence-electron chi connectivity index (χ4n) is 2.73. The average molecular weight is 265 g/mol. The zero-order chi connectivity index (χ0) is 14.0. The third kappa shape index (κ3) is 3.13. The Morgan fingerprint density at radius 1 is 1.53 bits per heavy atom. The van der Waals surface area contributed by atoms with E-state index in [4.69, 9.17) is 10.8 Å². The standard InChI is InChI=1S/C13H19N3O3/c1-7-3-2-4-8(5-7)12-15-11(14)9(6-10(17)18)13(19)16-12/h7-8H,2-6H2,1H3,(H,17,18)(H3,14,15,16,19). The third-order valence-corrected chi connectivity index (χ3v) is 3.72. The molecule has 1 heterocycles. The normalized spacial score (nSPS) is 23.2. The second-order valence-corrected chi connectivity index (χ2v) is 5.35. The lowest BCUT2D eigenvalue weighted by Crippen LogP contribution is -2.24. The van der Waals surface area contributed by atoms with E-state index in [-0.39, 0.29) is 17.3 Å². The van der Waals surface area contributed by atoms with Gasteiger partial charge in [0.05, 0.1) is 12.0 Å². The van der Waals surface area contributed by atoms with Crippen molar-refractivity contribution < 1.29 is 9.90 Å². The third-order valence-electron chi connectivity index (χ3n) is 3.72. The fraction of sp³-hybridized carbons (Fsp3) is 0.615. The Morgan fingerprint density at radius 2 is 2.26 bits per heavy atom. The molecule has 2 rings (SSSR count). The van der Waals surface area contributed by atoms with Gasteiger partial charge in [-0.15, -0.1) is 0 Å². The van der Waals surface area contributed by atoms with E-state index in [1.54, 1.807) is 0 Å². The number of nitrogen functional groups attached to an aromatic ring is 1. The molecule has 4 N–H and O–H groups in total. The van der Waals surface area contributed by atoms with Crippen molar-refractivity contribution in [2.75, 3.05) is 5.73 Å². The van der Waals surface area contributed by atoms with Crippen LogP contribution in [0.1, 0.15) is 49.9 Å². The van der Waals surface area contributed by atoms with E-state index >= 15 is 0 Å². The first-order valence-corrected chi connectivity index (χ1v) is 6.57. The van der Waals surface area contributed by atoms with Crippen LogP contribution >= 0.6 is 0 Å². The van der Waals surface area contributed by atoms with Crippen LogP contribution in [-0.4, -0.2) is 21.0 Å². The number of nitrogens with one attached hydrogen (secondary N) is 1. The highest BCUT2D eigenvalue weighted by atomic mass is 16.4. The van der Waals surface area contributed by atoms with Gasteiger partial charge < -0.3 is 15.8 Å². The number of anilines is 1. The molecule has 0 aromatic carbocycles. The summed E-state index contributed by atoms with van der Waals surface area (Å²) in [5, 5.41) is 8.73. The summed E-state index contributed by atoms with van der Waals surface area (Å²) in [6.45, 7) is 2.19. The number of carboxylic acids is 1. The average Bonchev–Trinajstić information content (AvgIpc) is 2.33. The molecule has 104 valence electrons. The summed E-state index contributed by atoms with van der Waals surface area (Å²) in [6, 6.07) is 0. The molecule has 0 spiro atoms. The van der Waals surface area contributed by atoms with E-state index in [0.717, 1.165) is 19.3 Å². The zero-order valence-corrected chi connectivity index (χ0v) is 11.0. The molecule has 1 fully saturated rings. The van der Waals surface area contributed by atoms with Crippen LogP contribution in [0.2, 0.25) is 0 Å². The molecular formula is C13H19N3O3. The van der Waals surface area contributed by atoms with Crippen LogP contribution in [0.25, 0.3) is 0 Å². The maximum absolute atomic E-state index is 11.9. The quantitative estimate of drug-likeness (QED) is 0.762. The van der Waals surface area contributed by atoms with E-state index in [9.17, 15) is 9.59 Å². The topological polar surface area (TPSA) is 109 Å². The second-order valence-electron chi connectivity index (χ2n) is 5.35. The van der Waals surface area contributed by atoms with Gasteiger partial charge in [0.15, 0.2) is 0 Å². The van der Waals surface area contributed by atoms with E-state index in [1.807, 2.05) is 0 Å². The molecule has 6 heteroatoms. The summed E-state index contributed by atoms with van der Waals surface area (Å²) in [5.41, 5.74) is 5.33. The Kier molecular flexibility index (Phi) is 3.87. The van der Waals surface area contributed by atoms with Gasteiger partial charge in [-0.1, -0.05) is 19.8 Å². The molecule has 1 aliphatic rings. The monoisotopic (exact) mass is 265 g/mol. The summed E-state index contributed by atoms with van der Waals surface area (Å²) in [7, 11) is 0. The van der Waals surface area contributed by atoms with Crippen LogP contribution in [0, 0.1) is 5.92 Å². The lowest BCUT2D eigenvalue weighted by Gasteiger charge is -2.26. The number of hydrogen-bond donors (Lipinski definition) is 3. The molecule has 0 amide bonds. The first-order valence-electron chi connectivity index (χ1n) is 6.57. The number of aromatic amines is 1. The molecule has 0 saturated heterocycles. The lowest BCUT2D eigenvalue weighted by atomic mass is 9.82. The predicted molar refractivity (Wildman–Crippen MR) is 71.0 cm³/mol. The summed E-state index contributed by atoms with van der Waals surface area (Å²) >= 11 is 0. The summed E-state index contributed by atoms with van der Waals surface area (Å²) in [5.74, 6) is 0.391. The zero-order valence-electron chi connectivity index (χ0n) is 11.0. The Labute approximate surface area is 111 Å². The number of nitrogens with zero attached hydrogens (tertiary/aromatic N) is 1. The van der Waals surface area contributed by atoms with Gasteiger partial charge in [-0.05, 0) is 18.8 Å². The molecule has 1 saturated carbocycles. The molecule has 1 aromatic rings. The van der Waals surface area contributed by atoms with E-state index in [1.165, 1.54) is 6.42 Å². The van der Waals surface area contributed by atoms with E-state index < -0.39 is 17.9 Å². The molecule has 0 bridgehead atoms. The van der Waals surface area contributed by atoms with Crippen molar-refractivity contribution in [3.63, 3.8) is 0 Å². The van der Waals surface area contributed by atoms with Crippen molar-refractivity contribution in [1.82, 2.24) is 9.97 Å². The van der Waals surface area contributed by atoms with Crippen molar-refractivity contribution >= 4 is 11.8 Å². The molecule has 2 atom stereocenters. The number of rotatable bonds is 3. The molecule has 0 aliphatic heterocycles. The van der Waals surface area contributed by atoms with Gasteiger partial charge in [0.25, 0.3) is 5.56 Å². The molecule has 19 heavy (non-hydrogen) atoms. The number of carboxylic acid groups (broad SMARTS) is 1. The van der Waals surface area contributed by atoms with Gasteiger partial charge in [0.2, 0.25) is 0 Å². The first kappa shape index (κ1) is 13.6. The van der Waals surface area contributed by atoms with Crippen molar-refractivity contribution in [3.8, 4) is 0 Å². The van der Waals surface area contributed by atoms with Gasteiger partial charge in [-0.25, -0.2) is 4.98 Å². The summed E-state index contributed by atoms with van der Waals surface area (Å²) in [6.07, 6.45) is 3.90. The highest BCUT2D eigenvalue weighted by molar-refractivity contribution is 5.71. The fourth-order valence-corrected chi connectivity index (χ4v) is 2.73. The number of hydrogen-bond acceptors (Lipinski definition) is 4. The highest BCUT2D eigenvalue weighted by Gasteiger charge is 2.23.